The summed E-state index contributed by atoms with van der Waals surface area (Å²) in [4.78, 5) is 14.2. The summed E-state index contributed by atoms with van der Waals surface area (Å²) in [7, 11) is -3.89. The van der Waals surface area contributed by atoms with Gasteiger partial charge in [-0.25, -0.2) is 8.42 Å². The van der Waals surface area contributed by atoms with Gasteiger partial charge in [0.2, 0.25) is 15.9 Å². The molecular weight excluding hydrogens is 447 g/mol. The number of piperazine rings is 1. The lowest BCUT2D eigenvalue weighted by atomic mass is 9.85. The fraction of sp³-hybridized carbons (Fsp3) is 0.667. The lowest BCUT2D eigenvalue weighted by Gasteiger charge is -2.39. The first kappa shape index (κ1) is 24.9. The molecular formula is C21H30F3N3O4S. The molecule has 7 nitrogen and oxygen atoms in total. The average molecular weight is 478 g/mol. The first-order valence-electron chi connectivity index (χ1n) is 10.8. The summed E-state index contributed by atoms with van der Waals surface area (Å²) < 4.78 is 66.3. The van der Waals surface area contributed by atoms with Crippen LogP contribution in [0.25, 0.3) is 0 Å². The van der Waals surface area contributed by atoms with E-state index in [4.69, 9.17) is 0 Å². The second kappa shape index (κ2) is 9.28. The van der Waals surface area contributed by atoms with E-state index < -0.39 is 27.4 Å². The highest BCUT2D eigenvalue weighted by Gasteiger charge is 2.51. The summed E-state index contributed by atoms with van der Waals surface area (Å²) in [6.45, 7) is 3.88. The van der Waals surface area contributed by atoms with Crippen LogP contribution in [-0.2, 0) is 20.4 Å². The van der Waals surface area contributed by atoms with Crippen molar-refractivity contribution < 1.29 is 31.5 Å². The molecule has 1 aliphatic heterocycles. The second-order valence-electron chi connectivity index (χ2n) is 8.59. The Morgan fingerprint density at radius 1 is 1.16 bits per heavy atom. The summed E-state index contributed by atoms with van der Waals surface area (Å²) >= 11 is 0. The van der Waals surface area contributed by atoms with Gasteiger partial charge in [-0.3, -0.25) is 9.69 Å². The molecule has 1 aromatic rings. The van der Waals surface area contributed by atoms with Crippen molar-refractivity contribution in [3.63, 3.8) is 0 Å². The van der Waals surface area contributed by atoms with Gasteiger partial charge in [0.05, 0.1) is 11.1 Å². The number of halogens is 3. The van der Waals surface area contributed by atoms with Crippen molar-refractivity contribution in [3.05, 3.63) is 29.8 Å². The summed E-state index contributed by atoms with van der Waals surface area (Å²) in [5, 5.41) is 12.8. The zero-order valence-electron chi connectivity index (χ0n) is 18.2. The summed E-state index contributed by atoms with van der Waals surface area (Å²) in [5.41, 5.74) is -3.50. The van der Waals surface area contributed by atoms with Crippen molar-refractivity contribution in [2.75, 3.05) is 26.2 Å². The lowest BCUT2D eigenvalue weighted by molar-refractivity contribution is -0.258. The zero-order valence-corrected chi connectivity index (χ0v) is 19.0. The number of rotatable bonds is 7. The number of hydrogen-bond acceptors (Lipinski definition) is 5. The van der Waals surface area contributed by atoms with E-state index in [1.54, 1.807) is 0 Å². The quantitative estimate of drug-likeness (QED) is 0.630. The molecule has 0 bridgehead atoms. The maximum atomic E-state index is 13.0. The molecule has 0 aromatic heterocycles. The third-order valence-electron chi connectivity index (χ3n) is 6.49. The van der Waals surface area contributed by atoms with E-state index in [1.165, 1.54) is 4.31 Å². The molecule has 2 aliphatic rings. The van der Waals surface area contributed by atoms with E-state index in [0.29, 0.717) is 26.4 Å². The Bertz CT molecular complexity index is 907. The monoisotopic (exact) mass is 477 g/mol. The van der Waals surface area contributed by atoms with Gasteiger partial charge in [-0.05, 0) is 43.9 Å². The minimum Gasteiger partial charge on any atom is -0.376 e. The molecule has 180 valence electrons. The number of carbonyl (C=O) groups excluding carboxylic acids is 1. The van der Waals surface area contributed by atoms with Gasteiger partial charge in [-0.2, -0.15) is 17.5 Å². The first-order chi connectivity index (χ1) is 14.9. The smallest absolute Gasteiger partial charge is 0.376 e. The molecule has 2 unspecified atom stereocenters. The largest absolute Gasteiger partial charge is 0.421 e. The van der Waals surface area contributed by atoms with Crippen LogP contribution in [0.4, 0.5) is 13.2 Å². The number of nitrogens with one attached hydrogen (secondary N) is 1. The van der Waals surface area contributed by atoms with E-state index >= 15 is 0 Å². The van der Waals surface area contributed by atoms with Crippen LogP contribution in [0.5, 0.6) is 0 Å². The molecule has 2 fully saturated rings. The molecule has 1 saturated heterocycles. The van der Waals surface area contributed by atoms with Crippen LogP contribution in [0.1, 0.15) is 45.1 Å². The van der Waals surface area contributed by atoms with Crippen molar-refractivity contribution in [2.45, 2.75) is 62.4 Å². The maximum absolute atomic E-state index is 13.0. The van der Waals surface area contributed by atoms with Gasteiger partial charge in [0.15, 0.2) is 5.60 Å². The highest BCUT2D eigenvalue weighted by atomic mass is 32.2. The molecule has 1 saturated carbocycles. The molecule has 1 aromatic carbocycles. The molecule has 1 aliphatic carbocycles. The number of alkyl halides is 3. The van der Waals surface area contributed by atoms with E-state index in [-0.39, 0.29) is 36.0 Å². The fourth-order valence-electron chi connectivity index (χ4n) is 3.92. The Labute approximate surface area is 186 Å². The molecule has 0 radical (unpaired) electrons. The molecule has 1 heterocycles. The van der Waals surface area contributed by atoms with Crippen LogP contribution in [0.3, 0.4) is 0 Å². The highest BCUT2D eigenvalue weighted by Crippen LogP contribution is 2.38. The number of hydrogen-bond donors (Lipinski definition) is 2. The molecule has 0 spiro atoms. The molecule has 2 N–H and O–H groups in total. The number of nitrogens with zero attached hydrogens (tertiary/aromatic N) is 2. The normalized spacial score (nSPS) is 22.1. The van der Waals surface area contributed by atoms with Crippen molar-refractivity contribution in [3.8, 4) is 0 Å². The maximum Gasteiger partial charge on any atom is 0.421 e. The van der Waals surface area contributed by atoms with Gasteiger partial charge >= 0.3 is 6.18 Å². The Morgan fingerprint density at radius 2 is 1.72 bits per heavy atom. The van der Waals surface area contributed by atoms with Gasteiger partial charge in [0, 0.05) is 32.1 Å². The number of sulfonamides is 1. The molecule has 3 rings (SSSR count). The van der Waals surface area contributed by atoms with Gasteiger partial charge in [-0.1, -0.05) is 25.5 Å². The fourth-order valence-corrected chi connectivity index (χ4v) is 5.35. The SMILES string of the molecule is CCC(NC(=O)C1CCC1)N1CCN(S(=O)(=O)c2ccc(C(C)(O)C(F)(F)F)cc2)CC1. The van der Waals surface area contributed by atoms with Crippen molar-refractivity contribution >= 4 is 15.9 Å². The Kier molecular flexibility index (Phi) is 7.23. The molecule has 32 heavy (non-hydrogen) atoms. The Balaban J connectivity index is 1.63. The number of benzene rings is 1. The minimum absolute atomic E-state index is 0.0491. The number of amides is 1. The van der Waals surface area contributed by atoms with Crippen molar-refractivity contribution in [2.24, 2.45) is 5.92 Å². The molecule has 11 heteroatoms. The van der Waals surface area contributed by atoms with Crippen LogP contribution in [0.15, 0.2) is 29.2 Å². The summed E-state index contributed by atoms with van der Waals surface area (Å²) in [5.74, 6) is 0.125. The van der Waals surface area contributed by atoms with Crippen LogP contribution in [-0.4, -0.2) is 67.2 Å². The number of aliphatic hydroxyl groups is 1. The Hall–Kier alpha value is -1.69. The summed E-state index contributed by atoms with van der Waals surface area (Å²) in [6, 6.07) is 4.15. The van der Waals surface area contributed by atoms with Gasteiger partial charge in [-0.15, -0.1) is 0 Å². The van der Waals surface area contributed by atoms with Crippen LogP contribution in [0.2, 0.25) is 0 Å². The van der Waals surface area contributed by atoms with E-state index in [2.05, 4.69) is 5.32 Å². The third kappa shape index (κ3) is 4.95. The average Bonchev–Trinajstić information content (AvgIpc) is 2.70. The van der Waals surface area contributed by atoms with Crippen molar-refractivity contribution in [1.29, 1.82) is 0 Å². The van der Waals surface area contributed by atoms with Gasteiger partial charge in [0.25, 0.3) is 0 Å². The predicted molar refractivity (Wildman–Crippen MR) is 112 cm³/mol. The standard InChI is InChI=1S/C21H30F3N3O4S/c1-3-18(25-19(28)15-5-4-6-15)26-11-13-27(14-12-26)32(30,31)17-9-7-16(8-10-17)20(2,29)21(22,23)24/h7-10,15,18,29H,3-6,11-14H2,1-2H3,(H,25,28). The Morgan fingerprint density at radius 3 is 2.16 bits per heavy atom. The van der Waals surface area contributed by atoms with Crippen LogP contribution < -0.4 is 5.32 Å². The van der Waals surface area contributed by atoms with E-state index in [0.717, 1.165) is 43.5 Å². The summed E-state index contributed by atoms with van der Waals surface area (Å²) in [6.07, 6.45) is -1.45. The minimum atomic E-state index is -4.88. The first-order valence-corrected chi connectivity index (χ1v) is 12.3. The number of carbonyl (C=O) groups is 1. The lowest BCUT2D eigenvalue weighted by Crippen LogP contribution is -2.57. The third-order valence-corrected chi connectivity index (χ3v) is 8.40. The van der Waals surface area contributed by atoms with E-state index in [9.17, 15) is 31.5 Å². The van der Waals surface area contributed by atoms with Crippen LogP contribution in [0, 0.1) is 5.92 Å². The zero-order chi connectivity index (χ0) is 23.7. The van der Waals surface area contributed by atoms with Crippen molar-refractivity contribution in [1.82, 2.24) is 14.5 Å². The van der Waals surface area contributed by atoms with E-state index in [1.807, 2.05) is 11.8 Å². The van der Waals surface area contributed by atoms with Gasteiger partial charge < -0.3 is 10.4 Å². The van der Waals surface area contributed by atoms with Gasteiger partial charge in [0.1, 0.15) is 0 Å². The molecule has 2 atom stereocenters. The van der Waals surface area contributed by atoms with Crippen LogP contribution >= 0.6 is 0 Å². The second-order valence-corrected chi connectivity index (χ2v) is 10.5. The molecule has 1 amide bonds. The topological polar surface area (TPSA) is 90.0 Å². The predicted octanol–water partition coefficient (Wildman–Crippen LogP) is 2.42. The highest BCUT2D eigenvalue weighted by molar-refractivity contribution is 7.89.